The predicted octanol–water partition coefficient (Wildman–Crippen LogP) is 0.366. The summed E-state index contributed by atoms with van der Waals surface area (Å²) < 4.78 is 4.75. The molecule has 1 atom stereocenters. The maximum absolute atomic E-state index is 10.1. The van der Waals surface area contributed by atoms with Crippen molar-refractivity contribution in [1.82, 2.24) is 0 Å². The molecular formula is C4H6O3S. The van der Waals surface area contributed by atoms with E-state index in [9.17, 15) is 4.79 Å². The van der Waals surface area contributed by atoms with Crippen molar-refractivity contribution in [2.75, 3.05) is 12.4 Å². The van der Waals surface area contributed by atoms with Crippen LogP contribution in [0.15, 0.2) is 0 Å². The first-order chi connectivity index (χ1) is 3.80. The van der Waals surface area contributed by atoms with Crippen LogP contribution in [0.1, 0.15) is 0 Å². The Hall–Kier alpha value is -0.220. The minimum absolute atomic E-state index is 0.278. The summed E-state index contributed by atoms with van der Waals surface area (Å²) in [5, 5.41) is 8.32. The predicted molar refractivity (Wildman–Crippen MR) is 29.5 cm³/mol. The molecule has 0 bridgehead atoms. The molecule has 0 spiro atoms. The van der Waals surface area contributed by atoms with E-state index in [-0.39, 0.29) is 5.92 Å². The molecule has 4 heteroatoms. The fourth-order valence-corrected chi connectivity index (χ4v) is 1.21. The fourth-order valence-electron chi connectivity index (χ4n) is 0.451. The maximum Gasteiger partial charge on any atom is 0.309 e. The highest BCUT2D eigenvalue weighted by molar-refractivity contribution is 7.94. The molecule has 0 radical (unpaired) electrons. The molecule has 1 fully saturated rings. The summed E-state index contributed by atoms with van der Waals surface area (Å²) in [7, 11) is 0. The van der Waals surface area contributed by atoms with E-state index >= 15 is 0 Å². The minimum atomic E-state index is -0.755. The molecule has 46 valence electrons. The molecule has 0 aromatic rings. The van der Waals surface area contributed by atoms with Crippen LogP contribution in [0.5, 0.6) is 0 Å². The minimum Gasteiger partial charge on any atom is -0.481 e. The van der Waals surface area contributed by atoms with Gasteiger partial charge < -0.3 is 9.29 Å². The number of hydrogen-bond acceptors (Lipinski definition) is 3. The van der Waals surface area contributed by atoms with E-state index in [1.54, 1.807) is 0 Å². The Balaban J connectivity index is 2.35. The molecular weight excluding hydrogens is 128 g/mol. The topological polar surface area (TPSA) is 46.5 Å². The number of carboxylic acid groups (broad SMARTS) is 1. The largest absolute Gasteiger partial charge is 0.481 e. The lowest BCUT2D eigenvalue weighted by Gasteiger charge is -1.93. The molecule has 1 rings (SSSR count). The normalized spacial score (nSPS) is 28.2. The Morgan fingerprint density at radius 1 is 1.88 bits per heavy atom. The quantitative estimate of drug-likeness (QED) is 0.526. The van der Waals surface area contributed by atoms with Crippen LogP contribution in [-0.2, 0) is 8.98 Å². The van der Waals surface area contributed by atoms with Gasteiger partial charge in [0.2, 0.25) is 0 Å². The summed E-state index contributed by atoms with van der Waals surface area (Å²) in [6, 6.07) is 0. The highest BCUT2D eigenvalue weighted by atomic mass is 32.2. The van der Waals surface area contributed by atoms with E-state index in [1.807, 2.05) is 0 Å². The van der Waals surface area contributed by atoms with Gasteiger partial charge in [0, 0.05) is 5.75 Å². The number of aliphatic carboxylic acids is 1. The van der Waals surface area contributed by atoms with Crippen LogP contribution in [0.4, 0.5) is 0 Å². The zero-order valence-electron chi connectivity index (χ0n) is 4.16. The number of carbonyl (C=O) groups is 1. The van der Waals surface area contributed by atoms with Crippen LogP contribution < -0.4 is 0 Å². The van der Waals surface area contributed by atoms with Gasteiger partial charge in [0.15, 0.2) is 0 Å². The summed E-state index contributed by atoms with van der Waals surface area (Å²) in [4.78, 5) is 10.1. The summed E-state index contributed by atoms with van der Waals surface area (Å²) in [5.41, 5.74) is 0. The standard InChI is InChI=1S/C4H6O3S/c5-4(6)3-1-7-8-2-3/h3H,1-2H2,(H,5,6)/t3-/m0/s1. The van der Waals surface area contributed by atoms with E-state index in [0.29, 0.717) is 12.4 Å². The van der Waals surface area contributed by atoms with Crippen molar-refractivity contribution >= 4 is 18.0 Å². The highest BCUT2D eigenvalue weighted by Crippen LogP contribution is 2.19. The maximum atomic E-state index is 10.1. The third kappa shape index (κ3) is 1.14. The second kappa shape index (κ2) is 2.37. The lowest BCUT2D eigenvalue weighted by molar-refractivity contribution is -0.141. The van der Waals surface area contributed by atoms with E-state index < -0.39 is 5.97 Å². The van der Waals surface area contributed by atoms with Crippen molar-refractivity contribution in [2.24, 2.45) is 5.92 Å². The molecule has 0 unspecified atom stereocenters. The SMILES string of the molecule is O=C(O)[C@H]1COSC1. The summed E-state index contributed by atoms with van der Waals surface area (Å²) >= 11 is 1.23. The van der Waals surface area contributed by atoms with Crippen LogP contribution in [0.3, 0.4) is 0 Å². The van der Waals surface area contributed by atoms with Crippen LogP contribution >= 0.6 is 12.0 Å². The van der Waals surface area contributed by atoms with Crippen molar-refractivity contribution in [2.45, 2.75) is 0 Å². The molecule has 1 aliphatic heterocycles. The average molecular weight is 134 g/mol. The molecule has 1 N–H and O–H groups in total. The molecule has 0 aromatic heterocycles. The van der Waals surface area contributed by atoms with Gasteiger partial charge in [0.25, 0.3) is 0 Å². The van der Waals surface area contributed by atoms with E-state index in [0.717, 1.165) is 0 Å². The van der Waals surface area contributed by atoms with Crippen molar-refractivity contribution in [3.63, 3.8) is 0 Å². The molecule has 3 nitrogen and oxygen atoms in total. The van der Waals surface area contributed by atoms with Gasteiger partial charge in [-0.2, -0.15) is 0 Å². The smallest absolute Gasteiger partial charge is 0.309 e. The molecule has 0 aromatic carbocycles. The molecule has 0 amide bonds. The lowest BCUT2D eigenvalue weighted by atomic mass is 10.2. The first kappa shape index (κ1) is 5.91. The monoisotopic (exact) mass is 134 g/mol. The van der Waals surface area contributed by atoms with Crippen molar-refractivity contribution in [3.05, 3.63) is 0 Å². The zero-order valence-corrected chi connectivity index (χ0v) is 4.98. The van der Waals surface area contributed by atoms with Gasteiger partial charge in [-0.25, -0.2) is 0 Å². The summed E-state index contributed by atoms with van der Waals surface area (Å²) in [6.07, 6.45) is 0. The van der Waals surface area contributed by atoms with E-state index in [4.69, 9.17) is 9.29 Å². The van der Waals surface area contributed by atoms with E-state index in [2.05, 4.69) is 0 Å². The third-order valence-electron chi connectivity index (χ3n) is 0.971. The molecule has 1 saturated heterocycles. The highest BCUT2D eigenvalue weighted by Gasteiger charge is 2.23. The molecule has 8 heavy (non-hydrogen) atoms. The van der Waals surface area contributed by atoms with Crippen molar-refractivity contribution in [3.8, 4) is 0 Å². The first-order valence-corrected chi connectivity index (χ1v) is 3.19. The molecule has 1 heterocycles. The lowest BCUT2D eigenvalue weighted by Crippen LogP contribution is -2.15. The Bertz CT molecular complexity index is 97.5. The Labute approximate surface area is 51.2 Å². The van der Waals surface area contributed by atoms with Gasteiger partial charge in [-0.15, -0.1) is 0 Å². The third-order valence-corrected chi connectivity index (χ3v) is 1.81. The first-order valence-electron chi connectivity index (χ1n) is 2.28. The van der Waals surface area contributed by atoms with Crippen LogP contribution in [0, 0.1) is 5.92 Å². The van der Waals surface area contributed by atoms with Gasteiger partial charge >= 0.3 is 5.97 Å². The average Bonchev–Trinajstić information content (AvgIpc) is 2.12. The van der Waals surface area contributed by atoms with Gasteiger partial charge in [-0.05, 0) is 12.0 Å². The van der Waals surface area contributed by atoms with Crippen LogP contribution in [0.25, 0.3) is 0 Å². The number of rotatable bonds is 1. The van der Waals surface area contributed by atoms with Crippen LogP contribution in [0.2, 0.25) is 0 Å². The second-order valence-electron chi connectivity index (χ2n) is 1.60. The molecule has 0 saturated carbocycles. The number of hydrogen-bond donors (Lipinski definition) is 1. The van der Waals surface area contributed by atoms with Crippen LogP contribution in [-0.4, -0.2) is 23.4 Å². The van der Waals surface area contributed by atoms with Gasteiger partial charge in [0.05, 0.1) is 12.5 Å². The Kier molecular flexibility index (Phi) is 1.75. The summed E-state index contributed by atoms with van der Waals surface area (Å²) in [5.74, 6) is -0.440. The molecule has 1 aliphatic rings. The Morgan fingerprint density at radius 3 is 2.88 bits per heavy atom. The van der Waals surface area contributed by atoms with Gasteiger partial charge in [-0.1, -0.05) is 0 Å². The molecule has 0 aliphatic carbocycles. The number of carboxylic acids is 1. The zero-order chi connectivity index (χ0) is 5.98. The van der Waals surface area contributed by atoms with Crippen molar-refractivity contribution in [1.29, 1.82) is 0 Å². The van der Waals surface area contributed by atoms with Gasteiger partial charge in [-0.3, -0.25) is 4.79 Å². The van der Waals surface area contributed by atoms with Gasteiger partial charge in [0.1, 0.15) is 0 Å². The van der Waals surface area contributed by atoms with E-state index in [1.165, 1.54) is 12.0 Å². The second-order valence-corrected chi connectivity index (χ2v) is 2.41. The fraction of sp³-hybridized carbons (Fsp3) is 0.750. The van der Waals surface area contributed by atoms with Crippen molar-refractivity contribution < 1.29 is 14.1 Å². The summed E-state index contributed by atoms with van der Waals surface area (Å²) in [6.45, 7) is 0.361. The Morgan fingerprint density at radius 2 is 2.62 bits per heavy atom.